The van der Waals surface area contributed by atoms with Gasteiger partial charge in [0, 0.05) is 25.5 Å². The molecule has 1 aromatic heterocycles. The minimum atomic E-state index is -0.785. The third-order valence-electron chi connectivity index (χ3n) is 5.74. The van der Waals surface area contributed by atoms with Crippen molar-refractivity contribution in [3.05, 3.63) is 84.5 Å². The first-order valence-electron chi connectivity index (χ1n) is 12.0. The Balaban J connectivity index is 1.91. The fourth-order valence-electron chi connectivity index (χ4n) is 4.14. The molecule has 0 N–H and O–H groups in total. The van der Waals surface area contributed by atoms with Gasteiger partial charge in [-0.3, -0.25) is 19.0 Å². The molecule has 1 aliphatic heterocycles. The van der Waals surface area contributed by atoms with Crippen molar-refractivity contribution < 1.29 is 33.3 Å². The van der Waals surface area contributed by atoms with Crippen LogP contribution >= 0.6 is 11.3 Å². The van der Waals surface area contributed by atoms with Gasteiger partial charge in [0.2, 0.25) is 0 Å². The van der Waals surface area contributed by atoms with Crippen LogP contribution in [0.3, 0.4) is 0 Å². The quantitative estimate of drug-likeness (QED) is 0.325. The topological polar surface area (TPSA) is 122 Å². The maximum atomic E-state index is 13.8. The molecule has 0 radical (unpaired) electrons. The summed E-state index contributed by atoms with van der Waals surface area (Å²) in [4.78, 5) is 54.9. The number of ether oxygens (including phenoxy) is 4. The van der Waals surface area contributed by atoms with Crippen LogP contribution in [-0.2, 0) is 19.1 Å². The highest BCUT2D eigenvalue weighted by Crippen LogP contribution is 2.32. The predicted octanol–water partition coefficient (Wildman–Crippen LogP) is 2.66. The van der Waals surface area contributed by atoms with Crippen LogP contribution in [0.2, 0.25) is 0 Å². The van der Waals surface area contributed by atoms with Gasteiger partial charge in [-0.15, -0.1) is 0 Å². The molecular formula is C28H26N2O8S. The minimum absolute atomic E-state index is 0.113. The molecule has 0 saturated heterocycles. The van der Waals surface area contributed by atoms with Crippen LogP contribution in [0.25, 0.3) is 6.08 Å². The van der Waals surface area contributed by atoms with E-state index in [2.05, 4.69) is 4.99 Å². The lowest BCUT2D eigenvalue weighted by atomic mass is 9.96. The number of methoxy groups -OCH3 is 1. The number of carbonyl (C=O) groups excluding carboxylic acids is 3. The Morgan fingerprint density at radius 2 is 1.69 bits per heavy atom. The summed E-state index contributed by atoms with van der Waals surface area (Å²) >= 11 is 1.13. The second-order valence-electron chi connectivity index (χ2n) is 8.46. The van der Waals surface area contributed by atoms with Crippen LogP contribution in [0.15, 0.2) is 63.5 Å². The predicted molar refractivity (Wildman–Crippen MR) is 142 cm³/mol. The van der Waals surface area contributed by atoms with Crippen molar-refractivity contribution in [1.82, 2.24) is 4.57 Å². The van der Waals surface area contributed by atoms with Crippen LogP contribution in [0.5, 0.6) is 17.2 Å². The van der Waals surface area contributed by atoms with E-state index in [1.54, 1.807) is 57.4 Å². The Morgan fingerprint density at radius 3 is 2.31 bits per heavy atom. The zero-order chi connectivity index (χ0) is 28.3. The van der Waals surface area contributed by atoms with Crippen molar-refractivity contribution in [1.29, 1.82) is 0 Å². The molecule has 0 bridgehead atoms. The maximum absolute atomic E-state index is 13.8. The Hall–Kier alpha value is -4.51. The Labute approximate surface area is 227 Å². The fourth-order valence-corrected chi connectivity index (χ4v) is 5.18. The van der Waals surface area contributed by atoms with E-state index in [1.807, 2.05) is 0 Å². The second kappa shape index (κ2) is 11.5. The Kier molecular flexibility index (Phi) is 8.10. The average Bonchev–Trinajstić information content (AvgIpc) is 3.18. The molecule has 39 heavy (non-hydrogen) atoms. The number of rotatable bonds is 7. The third-order valence-corrected chi connectivity index (χ3v) is 6.72. The van der Waals surface area contributed by atoms with Crippen molar-refractivity contribution in [3.8, 4) is 17.2 Å². The first-order chi connectivity index (χ1) is 18.6. The van der Waals surface area contributed by atoms with E-state index in [1.165, 1.54) is 30.5 Å². The number of carbonyl (C=O) groups is 3. The number of thiazole rings is 1. The van der Waals surface area contributed by atoms with Crippen molar-refractivity contribution in [2.45, 2.75) is 33.7 Å². The molecule has 0 fully saturated rings. The van der Waals surface area contributed by atoms with Crippen molar-refractivity contribution in [2.24, 2.45) is 4.99 Å². The normalized spacial score (nSPS) is 14.8. The lowest BCUT2D eigenvalue weighted by molar-refractivity contribution is -0.139. The minimum Gasteiger partial charge on any atom is -0.497 e. The zero-order valence-electron chi connectivity index (χ0n) is 22.0. The molecule has 2 aromatic carbocycles. The summed E-state index contributed by atoms with van der Waals surface area (Å²) < 4.78 is 22.7. The van der Waals surface area contributed by atoms with Gasteiger partial charge in [-0.1, -0.05) is 23.5 Å². The molecule has 11 heteroatoms. The van der Waals surface area contributed by atoms with Gasteiger partial charge in [0.05, 0.1) is 35.6 Å². The average molecular weight is 551 g/mol. The van der Waals surface area contributed by atoms with Gasteiger partial charge < -0.3 is 18.9 Å². The fraction of sp³-hybridized carbons (Fsp3) is 0.250. The maximum Gasteiger partial charge on any atom is 0.338 e. The number of benzene rings is 2. The Morgan fingerprint density at radius 1 is 1.03 bits per heavy atom. The molecule has 4 rings (SSSR count). The highest BCUT2D eigenvalue weighted by Gasteiger charge is 2.33. The van der Waals surface area contributed by atoms with E-state index in [0.717, 1.165) is 11.3 Å². The van der Waals surface area contributed by atoms with Gasteiger partial charge in [0.1, 0.15) is 17.2 Å². The lowest BCUT2D eigenvalue weighted by Gasteiger charge is -2.24. The summed E-state index contributed by atoms with van der Waals surface area (Å²) in [6.07, 6.45) is 1.56. The molecule has 10 nitrogen and oxygen atoms in total. The summed E-state index contributed by atoms with van der Waals surface area (Å²) in [6, 6.07) is 10.8. The SMILES string of the molecule is CCOC(=O)C1=C(C)N=c2s/c(=C\c3ccc(OC(C)=O)cc3OC(C)=O)c(=O)n2[C@@H]1c1ccc(OC)cc1. The van der Waals surface area contributed by atoms with Crippen molar-refractivity contribution in [3.63, 3.8) is 0 Å². The number of esters is 3. The van der Waals surface area contributed by atoms with E-state index in [0.29, 0.717) is 31.9 Å². The third kappa shape index (κ3) is 5.83. The summed E-state index contributed by atoms with van der Waals surface area (Å²) in [6.45, 7) is 6.07. The van der Waals surface area contributed by atoms with E-state index in [4.69, 9.17) is 18.9 Å². The van der Waals surface area contributed by atoms with Crippen LogP contribution in [-0.4, -0.2) is 36.2 Å². The van der Waals surface area contributed by atoms with Gasteiger partial charge >= 0.3 is 17.9 Å². The Bertz CT molecular complexity index is 1660. The van der Waals surface area contributed by atoms with Crippen LogP contribution < -0.4 is 29.1 Å². The number of nitrogens with zero attached hydrogens (tertiary/aromatic N) is 2. The number of hydrogen-bond acceptors (Lipinski definition) is 10. The smallest absolute Gasteiger partial charge is 0.338 e. The van der Waals surface area contributed by atoms with Gasteiger partial charge in [0.25, 0.3) is 5.56 Å². The van der Waals surface area contributed by atoms with Crippen LogP contribution in [0.1, 0.15) is 44.9 Å². The van der Waals surface area contributed by atoms with Crippen LogP contribution in [0.4, 0.5) is 0 Å². The number of hydrogen-bond donors (Lipinski definition) is 0. The standard InChI is InChI=1S/C28H26N2O8S/c1-6-36-27(34)24-15(2)29-28-30(25(24)18-7-10-20(35-5)11-8-18)26(33)23(39-28)13-19-9-12-21(37-16(3)31)14-22(19)38-17(4)32/h7-14,25H,6H2,1-5H3/b23-13-/t25-/m1/s1. The molecular weight excluding hydrogens is 524 g/mol. The molecule has 202 valence electrons. The first-order valence-corrected chi connectivity index (χ1v) is 12.8. The highest BCUT2D eigenvalue weighted by atomic mass is 32.1. The van der Waals surface area contributed by atoms with E-state index < -0.39 is 29.5 Å². The molecule has 3 aromatic rings. The monoisotopic (exact) mass is 550 g/mol. The van der Waals surface area contributed by atoms with Crippen molar-refractivity contribution in [2.75, 3.05) is 13.7 Å². The molecule has 1 aliphatic rings. The molecule has 2 heterocycles. The first kappa shape index (κ1) is 27.5. The molecule has 0 aliphatic carbocycles. The second-order valence-corrected chi connectivity index (χ2v) is 9.47. The number of aromatic nitrogens is 1. The molecule has 0 saturated carbocycles. The van der Waals surface area contributed by atoms with E-state index >= 15 is 0 Å². The van der Waals surface area contributed by atoms with Gasteiger partial charge in [0.15, 0.2) is 4.80 Å². The molecule has 0 unspecified atom stereocenters. The zero-order valence-corrected chi connectivity index (χ0v) is 22.8. The van der Waals surface area contributed by atoms with Crippen LogP contribution in [0, 0.1) is 0 Å². The number of fused-ring (bicyclic) bond motifs is 1. The summed E-state index contributed by atoms with van der Waals surface area (Å²) in [5, 5.41) is 0. The molecule has 0 amide bonds. The molecule has 1 atom stereocenters. The largest absolute Gasteiger partial charge is 0.497 e. The number of allylic oxidation sites excluding steroid dienone is 1. The van der Waals surface area contributed by atoms with E-state index in [9.17, 15) is 19.2 Å². The lowest BCUT2D eigenvalue weighted by Crippen LogP contribution is -2.39. The summed E-state index contributed by atoms with van der Waals surface area (Å²) in [5.74, 6) is -0.753. The van der Waals surface area contributed by atoms with Crippen molar-refractivity contribution >= 4 is 35.3 Å². The van der Waals surface area contributed by atoms with Gasteiger partial charge in [-0.25, -0.2) is 9.79 Å². The van der Waals surface area contributed by atoms with E-state index in [-0.39, 0.29) is 23.7 Å². The van der Waals surface area contributed by atoms with Gasteiger partial charge in [-0.05, 0) is 49.8 Å². The summed E-state index contributed by atoms with van der Waals surface area (Å²) in [5.41, 5.74) is 1.38. The summed E-state index contributed by atoms with van der Waals surface area (Å²) in [7, 11) is 1.55. The molecule has 0 spiro atoms. The van der Waals surface area contributed by atoms with Gasteiger partial charge in [-0.2, -0.15) is 0 Å². The highest BCUT2D eigenvalue weighted by molar-refractivity contribution is 7.07.